The molecule has 1 N–H and O–H groups in total. The molecule has 2 heterocycles. The molecule has 2 aromatic heterocycles. The molecule has 0 aliphatic heterocycles. The van der Waals surface area contributed by atoms with Crippen LogP contribution in [0.5, 0.6) is 0 Å². The largest absolute Gasteiger partial charge is 0.443 e. The lowest BCUT2D eigenvalue weighted by Crippen LogP contribution is -2.34. The summed E-state index contributed by atoms with van der Waals surface area (Å²) in [4.78, 5) is 18.7. The van der Waals surface area contributed by atoms with Gasteiger partial charge in [0, 0.05) is 12.1 Å². The summed E-state index contributed by atoms with van der Waals surface area (Å²) in [6.07, 6.45) is 1.31. The van der Waals surface area contributed by atoms with Gasteiger partial charge < -0.3 is 14.6 Å². The van der Waals surface area contributed by atoms with Gasteiger partial charge in [0.15, 0.2) is 17.8 Å². The fraction of sp³-hybridized carbons (Fsp3) is 0.222. The van der Waals surface area contributed by atoms with Crippen LogP contribution in [0.3, 0.4) is 0 Å². The van der Waals surface area contributed by atoms with Crippen LogP contribution in [0.25, 0.3) is 11.3 Å². The van der Waals surface area contributed by atoms with Crippen molar-refractivity contribution in [2.75, 3.05) is 20.6 Å². The molecule has 0 aliphatic rings. The van der Waals surface area contributed by atoms with Gasteiger partial charge in [-0.2, -0.15) is 11.3 Å². The van der Waals surface area contributed by atoms with Gasteiger partial charge in [0.1, 0.15) is 0 Å². The number of hydrogen-bond acceptors (Lipinski definition) is 5. The first-order valence-electron chi connectivity index (χ1n) is 7.62. The molecule has 3 rings (SSSR count). The summed E-state index contributed by atoms with van der Waals surface area (Å²) in [5.41, 5.74) is 2.33. The smallest absolute Gasteiger partial charge is 0.273 e. The minimum absolute atomic E-state index is 0.118. The van der Waals surface area contributed by atoms with Crippen LogP contribution in [0.15, 0.2) is 58.0 Å². The molecule has 1 aromatic carbocycles. The van der Waals surface area contributed by atoms with Crippen LogP contribution in [0.1, 0.15) is 22.1 Å². The van der Waals surface area contributed by atoms with E-state index in [1.54, 1.807) is 11.3 Å². The van der Waals surface area contributed by atoms with Crippen LogP contribution in [0, 0.1) is 0 Å². The number of rotatable bonds is 6. The van der Waals surface area contributed by atoms with E-state index >= 15 is 0 Å². The van der Waals surface area contributed by atoms with E-state index in [0.29, 0.717) is 18.0 Å². The second-order valence-electron chi connectivity index (χ2n) is 5.64. The Kier molecular flexibility index (Phi) is 5.08. The average Bonchev–Trinajstić information content (AvgIpc) is 3.27. The van der Waals surface area contributed by atoms with Gasteiger partial charge in [-0.05, 0) is 36.5 Å². The lowest BCUT2D eigenvalue weighted by Gasteiger charge is -2.23. The van der Waals surface area contributed by atoms with E-state index in [-0.39, 0.29) is 11.9 Å². The number of nitrogens with one attached hydrogen (secondary N) is 1. The summed E-state index contributed by atoms with van der Waals surface area (Å²) in [6, 6.07) is 11.7. The molecule has 1 unspecified atom stereocenters. The monoisotopic (exact) mass is 341 g/mol. The number of aromatic nitrogens is 1. The molecule has 124 valence electrons. The highest BCUT2D eigenvalue weighted by atomic mass is 32.1. The van der Waals surface area contributed by atoms with E-state index in [2.05, 4.69) is 26.6 Å². The van der Waals surface area contributed by atoms with Crippen molar-refractivity contribution in [2.45, 2.75) is 6.04 Å². The van der Waals surface area contributed by atoms with Crippen molar-refractivity contribution in [3.8, 4) is 11.3 Å². The third-order valence-electron chi connectivity index (χ3n) is 3.83. The maximum absolute atomic E-state index is 12.5. The highest BCUT2D eigenvalue weighted by molar-refractivity contribution is 7.07. The van der Waals surface area contributed by atoms with E-state index in [4.69, 9.17) is 4.42 Å². The molecule has 1 atom stereocenters. The molecule has 0 spiro atoms. The van der Waals surface area contributed by atoms with E-state index in [9.17, 15) is 4.79 Å². The number of carbonyl (C=O) groups excluding carboxylic acids is 1. The van der Waals surface area contributed by atoms with Crippen molar-refractivity contribution in [2.24, 2.45) is 0 Å². The van der Waals surface area contributed by atoms with E-state index in [0.717, 1.165) is 5.56 Å². The van der Waals surface area contributed by atoms with Crippen LogP contribution < -0.4 is 5.32 Å². The van der Waals surface area contributed by atoms with Crippen molar-refractivity contribution in [3.05, 3.63) is 64.8 Å². The first-order chi connectivity index (χ1) is 11.7. The molecule has 0 saturated carbocycles. The third kappa shape index (κ3) is 3.55. The van der Waals surface area contributed by atoms with Crippen molar-refractivity contribution in [1.82, 2.24) is 15.2 Å². The van der Waals surface area contributed by atoms with Crippen LogP contribution in [-0.2, 0) is 0 Å². The van der Waals surface area contributed by atoms with E-state index in [1.165, 1.54) is 12.0 Å². The number of hydrogen-bond donors (Lipinski definition) is 1. The number of benzene rings is 1. The molecular weight excluding hydrogens is 322 g/mol. The van der Waals surface area contributed by atoms with Gasteiger partial charge in [-0.3, -0.25) is 4.79 Å². The quantitative estimate of drug-likeness (QED) is 0.746. The van der Waals surface area contributed by atoms with Crippen LogP contribution in [-0.4, -0.2) is 36.4 Å². The number of nitrogens with zero attached hydrogens (tertiary/aromatic N) is 2. The first kappa shape index (κ1) is 16.4. The Morgan fingerprint density at radius 1 is 1.29 bits per heavy atom. The fourth-order valence-electron chi connectivity index (χ4n) is 2.54. The maximum Gasteiger partial charge on any atom is 0.273 e. The average molecular weight is 341 g/mol. The Morgan fingerprint density at radius 3 is 2.75 bits per heavy atom. The van der Waals surface area contributed by atoms with Crippen molar-refractivity contribution >= 4 is 17.2 Å². The number of oxazole rings is 1. The number of amides is 1. The van der Waals surface area contributed by atoms with Gasteiger partial charge in [-0.25, -0.2) is 4.98 Å². The molecule has 0 fully saturated rings. The zero-order chi connectivity index (χ0) is 16.9. The highest BCUT2D eigenvalue weighted by Gasteiger charge is 2.21. The zero-order valence-corrected chi connectivity index (χ0v) is 14.4. The number of thiophene rings is 1. The normalized spacial score (nSPS) is 12.3. The topological polar surface area (TPSA) is 58.4 Å². The molecule has 5 nitrogen and oxygen atoms in total. The van der Waals surface area contributed by atoms with Gasteiger partial charge in [0.25, 0.3) is 5.91 Å². The molecule has 0 saturated heterocycles. The Balaban J connectivity index is 1.73. The molecule has 0 radical (unpaired) electrons. The summed E-state index contributed by atoms with van der Waals surface area (Å²) in [5.74, 6) is 0.259. The van der Waals surface area contributed by atoms with Crippen LogP contribution >= 0.6 is 11.3 Å². The van der Waals surface area contributed by atoms with Crippen molar-refractivity contribution in [1.29, 1.82) is 0 Å². The molecule has 3 aromatic rings. The molecular formula is C18H19N3O2S. The lowest BCUT2D eigenvalue weighted by atomic mass is 10.1. The van der Waals surface area contributed by atoms with Crippen molar-refractivity contribution in [3.63, 3.8) is 0 Å². The SMILES string of the molecule is CN(C)C(CNC(=O)c1ncoc1-c1ccccc1)c1ccsc1. The second-order valence-corrected chi connectivity index (χ2v) is 6.42. The van der Waals surface area contributed by atoms with Gasteiger partial charge in [0.05, 0.1) is 6.04 Å². The Labute approximate surface area is 144 Å². The molecule has 24 heavy (non-hydrogen) atoms. The predicted octanol–water partition coefficient (Wildman–Crippen LogP) is 3.44. The summed E-state index contributed by atoms with van der Waals surface area (Å²) in [6.45, 7) is 0.504. The van der Waals surface area contributed by atoms with Crippen LogP contribution in [0.4, 0.5) is 0 Å². The van der Waals surface area contributed by atoms with Gasteiger partial charge in [0.2, 0.25) is 0 Å². The summed E-state index contributed by atoms with van der Waals surface area (Å²) < 4.78 is 5.42. The molecule has 1 amide bonds. The number of carbonyl (C=O) groups is 1. The van der Waals surface area contributed by atoms with Gasteiger partial charge in [-0.15, -0.1) is 0 Å². The Morgan fingerprint density at radius 2 is 2.08 bits per heavy atom. The molecule has 0 bridgehead atoms. The molecule has 6 heteroatoms. The fourth-order valence-corrected chi connectivity index (χ4v) is 3.25. The summed E-state index contributed by atoms with van der Waals surface area (Å²) >= 11 is 1.65. The van der Waals surface area contributed by atoms with Crippen molar-refractivity contribution < 1.29 is 9.21 Å². The van der Waals surface area contributed by atoms with E-state index < -0.39 is 0 Å². The number of likely N-dealkylation sites (N-methyl/N-ethyl adjacent to an activating group) is 1. The summed E-state index contributed by atoms with van der Waals surface area (Å²) in [5, 5.41) is 7.11. The summed E-state index contributed by atoms with van der Waals surface area (Å²) in [7, 11) is 4.00. The second kappa shape index (κ2) is 7.42. The minimum Gasteiger partial charge on any atom is -0.443 e. The lowest BCUT2D eigenvalue weighted by molar-refractivity contribution is 0.0938. The third-order valence-corrected chi connectivity index (χ3v) is 4.53. The zero-order valence-electron chi connectivity index (χ0n) is 13.6. The van der Waals surface area contributed by atoms with Gasteiger partial charge in [-0.1, -0.05) is 30.3 Å². The Bertz CT molecular complexity index is 782. The van der Waals surface area contributed by atoms with Gasteiger partial charge >= 0.3 is 0 Å². The van der Waals surface area contributed by atoms with E-state index in [1.807, 2.05) is 49.8 Å². The minimum atomic E-state index is -0.232. The standard InChI is InChI=1S/C18H19N3O2S/c1-21(2)15(14-8-9-24-11-14)10-19-18(22)16-17(23-12-20-16)13-6-4-3-5-7-13/h3-9,11-12,15H,10H2,1-2H3,(H,19,22). The highest BCUT2D eigenvalue weighted by Crippen LogP contribution is 2.23. The predicted molar refractivity (Wildman–Crippen MR) is 95.0 cm³/mol. The first-order valence-corrected chi connectivity index (χ1v) is 8.56. The molecule has 0 aliphatic carbocycles. The van der Waals surface area contributed by atoms with Crippen LogP contribution in [0.2, 0.25) is 0 Å². The Hall–Kier alpha value is -2.44. The maximum atomic E-state index is 12.5.